The number of nitrogen functional groups attached to an aromatic ring is 1. The number of benzene rings is 1. The molecular weight excluding hydrogens is 397 g/mol. The number of hydrogen-bond acceptors (Lipinski definition) is 5. The summed E-state index contributed by atoms with van der Waals surface area (Å²) < 4.78 is 7.60. The summed E-state index contributed by atoms with van der Waals surface area (Å²) in [5.41, 5.74) is 8.42. The van der Waals surface area contributed by atoms with E-state index in [9.17, 15) is 0 Å². The summed E-state index contributed by atoms with van der Waals surface area (Å²) in [6.45, 7) is 5.68. The van der Waals surface area contributed by atoms with E-state index < -0.39 is 0 Å². The standard InChI is InChI=1S/C17H16Cl3N5O/c1-4-13-22-15(20)14(21)16(23-13)26-17-8(2)9(3)24-25(17)12-6-10(18)5-11(19)7-12/h5-7H,4,21H2,1-3H3. The SMILES string of the molecule is CCc1nc(Cl)c(N)c(Oc2c(C)c(C)nn2-c2cc(Cl)cc(Cl)c2)n1. The first-order valence-electron chi connectivity index (χ1n) is 7.82. The summed E-state index contributed by atoms with van der Waals surface area (Å²) in [7, 11) is 0. The second-order valence-electron chi connectivity index (χ2n) is 5.66. The van der Waals surface area contributed by atoms with Crippen LogP contribution >= 0.6 is 34.8 Å². The van der Waals surface area contributed by atoms with Crippen LogP contribution in [0, 0.1) is 13.8 Å². The van der Waals surface area contributed by atoms with E-state index in [0.29, 0.717) is 33.9 Å². The molecule has 0 radical (unpaired) electrons. The van der Waals surface area contributed by atoms with E-state index >= 15 is 0 Å². The van der Waals surface area contributed by atoms with Crippen molar-refractivity contribution in [3.63, 3.8) is 0 Å². The van der Waals surface area contributed by atoms with Crippen molar-refractivity contribution in [3.05, 3.63) is 50.5 Å². The van der Waals surface area contributed by atoms with Crippen molar-refractivity contribution in [2.45, 2.75) is 27.2 Å². The molecule has 3 rings (SSSR count). The zero-order valence-corrected chi connectivity index (χ0v) is 16.6. The molecule has 0 saturated heterocycles. The fraction of sp³-hybridized carbons (Fsp3) is 0.235. The molecule has 6 nitrogen and oxygen atoms in total. The highest BCUT2D eigenvalue weighted by atomic mass is 35.5. The van der Waals surface area contributed by atoms with Gasteiger partial charge >= 0.3 is 0 Å². The van der Waals surface area contributed by atoms with Crippen LogP contribution < -0.4 is 10.5 Å². The summed E-state index contributed by atoms with van der Waals surface area (Å²) >= 11 is 18.3. The number of ether oxygens (including phenoxy) is 1. The Hall–Kier alpha value is -2.02. The molecule has 0 fully saturated rings. The minimum Gasteiger partial charge on any atom is -0.418 e. The maximum Gasteiger partial charge on any atom is 0.249 e. The Balaban J connectivity index is 2.14. The van der Waals surface area contributed by atoms with E-state index in [4.69, 9.17) is 45.3 Å². The molecule has 0 bridgehead atoms. The third kappa shape index (κ3) is 3.58. The molecule has 2 heterocycles. The molecule has 0 aliphatic rings. The average Bonchev–Trinajstić information content (AvgIpc) is 2.86. The van der Waals surface area contributed by atoms with E-state index in [1.165, 1.54) is 0 Å². The Morgan fingerprint density at radius 3 is 2.35 bits per heavy atom. The van der Waals surface area contributed by atoms with Gasteiger partial charge in [-0.05, 0) is 32.0 Å². The normalized spacial score (nSPS) is 11.0. The summed E-state index contributed by atoms with van der Waals surface area (Å²) in [6.07, 6.45) is 0.595. The van der Waals surface area contributed by atoms with Gasteiger partial charge in [-0.2, -0.15) is 10.1 Å². The number of rotatable bonds is 4. The predicted octanol–water partition coefficient (Wildman–Crippen LogP) is 5.18. The number of nitrogens with zero attached hydrogens (tertiary/aromatic N) is 4. The molecule has 136 valence electrons. The van der Waals surface area contributed by atoms with Gasteiger partial charge in [0, 0.05) is 22.0 Å². The van der Waals surface area contributed by atoms with Crippen LogP contribution in [0.15, 0.2) is 18.2 Å². The van der Waals surface area contributed by atoms with Crippen molar-refractivity contribution >= 4 is 40.5 Å². The van der Waals surface area contributed by atoms with Crippen molar-refractivity contribution in [1.82, 2.24) is 19.7 Å². The van der Waals surface area contributed by atoms with Crippen LogP contribution in [0.25, 0.3) is 5.69 Å². The Morgan fingerprint density at radius 2 is 1.73 bits per heavy atom. The van der Waals surface area contributed by atoms with Crippen LogP contribution in [-0.4, -0.2) is 19.7 Å². The largest absolute Gasteiger partial charge is 0.418 e. The van der Waals surface area contributed by atoms with Crippen LogP contribution in [0.5, 0.6) is 11.8 Å². The lowest BCUT2D eigenvalue weighted by Gasteiger charge is -2.12. The van der Waals surface area contributed by atoms with E-state index in [-0.39, 0.29) is 16.7 Å². The molecule has 2 N–H and O–H groups in total. The Morgan fingerprint density at radius 1 is 1.08 bits per heavy atom. The van der Waals surface area contributed by atoms with E-state index in [0.717, 1.165) is 11.3 Å². The van der Waals surface area contributed by atoms with Gasteiger partial charge in [-0.3, -0.25) is 0 Å². The summed E-state index contributed by atoms with van der Waals surface area (Å²) in [4.78, 5) is 8.45. The molecule has 2 aromatic heterocycles. The predicted molar refractivity (Wildman–Crippen MR) is 104 cm³/mol. The molecular formula is C17H16Cl3N5O. The monoisotopic (exact) mass is 411 g/mol. The van der Waals surface area contributed by atoms with Gasteiger partial charge in [0.15, 0.2) is 5.15 Å². The maximum absolute atomic E-state index is 6.12. The van der Waals surface area contributed by atoms with Gasteiger partial charge in [-0.1, -0.05) is 41.7 Å². The number of anilines is 1. The number of halogens is 3. The first-order valence-corrected chi connectivity index (χ1v) is 8.96. The van der Waals surface area contributed by atoms with Crippen molar-refractivity contribution in [2.75, 3.05) is 5.73 Å². The fourth-order valence-electron chi connectivity index (χ4n) is 2.33. The van der Waals surface area contributed by atoms with Gasteiger partial charge in [0.2, 0.25) is 11.8 Å². The second kappa shape index (κ2) is 7.31. The van der Waals surface area contributed by atoms with Crippen molar-refractivity contribution < 1.29 is 4.74 Å². The molecule has 0 unspecified atom stereocenters. The van der Waals surface area contributed by atoms with Gasteiger partial charge in [-0.15, -0.1) is 0 Å². The Labute approximate surface area is 165 Å². The minimum absolute atomic E-state index is 0.151. The lowest BCUT2D eigenvalue weighted by Crippen LogP contribution is -2.06. The highest BCUT2D eigenvalue weighted by Crippen LogP contribution is 2.35. The van der Waals surface area contributed by atoms with Crippen molar-refractivity contribution in [2.24, 2.45) is 0 Å². The summed E-state index contributed by atoms with van der Waals surface area (Å²) in [5, 5.41) is 5.64. The van der Waals surface area contributed by atoms with Crippen molar-refractivity contribution in [3.8, 4) is 17.4 Å². The number of aryl methyl sites for hydroxylation is 2. The van der Waals surface area contributed by atoms with Crippen LogP contribution in [-0.2, 0) is 6.42 Å². The summed E-state index contributed by atoms with van der Waals surface area (Å²) in [6, 6.07) is 5.12. The lowest BCUT2D eigenvalue weighted by molar-refractivity contribution is 0.424. The molecule has 9 heteroatoms. The van der Waals surface area contributed by atoms with E-state index in [2.05, 4.69) is 15.1 Å². The number of aromatic nitrogens is 4. The van der Waals surface area contributed by atoms with Crippen LogP contribution in [0.3, 0.4) is 0 Å². The molecule has 1 aromatic carbocycles. The van der Waals surface area contributed by atoms with E-state index in [1.807, 2.05) is 20.8 Å². The molecule has 0 aliphatic heterocycles. The van der Waals surface area contributed by atoms with Crippen LogP contribution in [0.4, 0.5) is 5.69 Å². The van der Waals surface area contributed by atoms with Crippen LogP contribution in [0.2, 0.25) is 15.2 Å². The molecule has 26 heavy (non-hydrogen) atoms. The molecule has 0 atom stereocenters. The summed E-state index contributed by atoms with van der Waals surface area (Å²) in [5.74, 6) is 1.16. The third-order valence-electron chi connectivity index (χ3n) is 3.82. The third-order valence-corrected chi connectivity index (χ3v) is 4.54. The zero-order chi connectivity index (χ0) is 19.0. The van der Waals surface area contributed by atoms with Gasteiger partial charge < -0.3 is 10.5 Å². The van der Waals surface area contributed by atoms with Gasteiger partial charge in [0.1, 0.15) is 11.5 Å². The van der Waals surface area contributed by atoms with Gasteiger partial charge in [-0.25, -0.2) is 9.67 Å². The average molecular weight is 413 g/mol. The second-order valence-corrected chi connectivity index (χ2v) is 6.89. The van der Waals surface area contributed by atoms with Gasteiger partial charge in [0.05, 0.1) is 11.4 Å². The molecule has 0 saturated carbocycles. The highest BCUT2D eigenvalue weighted by molar-refractivity contribution is 6.34. The zero-order valence-electron chi connectivity index (χ0n) is 14.3. The quantitative estimate of drug-likeness (QED) is 0.598. The van der Waals surface area contributed by atoms with Gasteiger partial charge in [0.25, 0.3) is 0 Å². The number of hydrogen-bond donors (Lipinski definition) is 1. The van der Waals surface area contributed by atoms with Crippen LogP contribution in [0.1, 0.15) is 24.0 Å². The first-order chi connectivity index (χ1) is 12.3. The molecule has 3 aromatic rings. The topological polar surface area (TPSA) is 78.9 Å². The van der Waals surface area contributed by atoms with Crippen molar-refractivity contribution in [1.29, 1.82) is 0 Å². The molecule has 0 spiro atoms. The number of nitrogens with two attached hydrogens (primary N) is 1. The highest BCUT2D eigenvalue weighted by Gasteiger charge is 2.20. The smallest absolute Gasteiger partial charge is 0.249 e. The maximum atomic E-state index is 6.12. The van der Waals surface area contributed by atoms with E-state index in [1.54, 1.807) is 22.9 Å². The fourth-order valence-corrected chi connectivity index (χ4v) is 3.02. The lowest BCUT2D eigenvalue weighted by atomic mass is 10.3. The molecule has 0 amide bonds. The Kier molecular flexibility index (Phi) is 5.27. The first kappa shape index (κ1) is 18.8. The Bertz CT molecular complexity index is 967. The molecule has 0 aliphatic carbocycles. The minimum atomic E-state index is 0.151.